The molecule has 0 saturated heterocycles. The Kier molecular flexibility index (Phi) is 6.46. The largest absolute Gasteiger partial charge is 0.487 e. The lowest BCUT2D eigenvalue weighted by Gasteiger charge is -2.09. The Morgan fingerprint density at radius 2 is 2.00 bits per heavy atom. The third kappa shape index (κ3) is 5.11. The highest BCUT2D eigenvalue weighted by atomic mass is 35.5. The SMILES string of the molecule is CCn1nccc1CNC(=O)c1ccc(COc2ccc([N+](=O)[O-])cc2Cl)cc1. The second kappa shape index (κ2) is 9.20. The van der Waals surface area contributed by atoms with Gasteiger partial charge in [0.25, 0.3) is 11.6 Å². The molecule has 1 amide bonds. The zero-order chi connectivity index (χ0) is 20.8. The van der Waals surface area contributed by atoms with Gasteiger partial charge in [0.1, 0.15) is 12.4 Å². The number of nitrogens with one attached hydrogen (secondary N) is 1. The van der Waals surface area contributed by atoms with E-state index < -0.39 is 4.92 Å². The Morgan fingerprint density at radius 3 is 2.66 bits per heavy atom. The van der Waals surface area contributed by atoms with E-state index in [0.29, 0.717) is 17.9 Å². The average molecular weight is 415 g/mol. The summed E-state index contributed by atoms with van der Waals surface area (Å²) in [6.45, 7) is 3.35. The number of aryl methyl sites for hydroxylation is 1. The summed E-state index contributed by atoms with van der Waals surface area (Å²) in [4.78, 5) is 22.5. The van der Waals surface area contributed by atoms with E-state index in [1.165, 1.54) is 18.2 Å². The number of benzene rings is 2. The zero-order valence-corrected chi connectivity index (χ0v) is 16.4. The van der Waals surface area contributed by atoms with Gasteiger partial charge in [-0.3, -0.25) is 19.6 Å². The van der Waals surface area contributed by atoms with Crippen molar-refractivity contribution in [3.8, 4) is 5.75 Å². The van der Waals surface area contributed by atoms with E-state index in [-0.39, 0.29) is 23.2 Å². The summed E-state index contributed by atoms with van der Waals surface area (Å²) in [5.74, 6) is 0.173. The number of aromatic nitrogens is 2. The van der Waals surface area contributed by atoms with Gasteiger partial charge >= 0.3 is 0 Å². The Bertz CT molecular complexity index is 1020. The molecule has 1 heterocycles. The van der Waals surface area contributed by atoms with Gasteiger partial charge in [0, 0.05) is 30.4 Å². The van der Waals surface area contributed by atoms with E-state index in [4.69, 9.17) is 16.3 Å². The van der Waals surface area contributed by atoms with Crippen molar-refractivity contribution >= 4 is 23.2 Å². The minimum atomic E-state index is -0.518. The van der Waals surface area contributed by atoms with Gasteiger partial charge in [-0.15, -0.1) is 0 Å². The fourth-order valence-electron chi connectivity index (χ4n) is 2.70. The normalized spacial score (nSPS) is 10.6. The summed E-state index contributed by atoms with van der Waals surface area (Å²) >= 11 is 6.02. The molecule has 1 N–H and O–H groups in total. The maximum absolute atomic E-state index is 12.3. The molecule has 2 aromatic carbocycles. The predicted octanol–water partition coefficient (Wildman–Crippen LogP) is 3.97. The number of hydrogen-bond donors (Lipinski definition) is 1. The van der Waals surface area contributed by atoms with E-state index in [2.05, 4.69) is 10.4 Å². The molecule has 0 aliphatic carbocycles. The van der Waals surface area contributed by atoms with Gasteiger partial charge in [0.05, 0.1) is 22.2 Å². The average Bonchev–Trinajstić information content (AvgIpc) is 3.19. The van der Waals surface area contributed by atoms with Gasteiger partial charge in [-0.2, -0.15) is 5.10 Å². The number of halogens is 1. The summed E-state index contributed by atoms with van der Waals surface area (Å²) in [6.07, 6.45) is 1.71. The molecule has 0 bridgehead atoms. The summed E-state index contributed by atoms with van der Waals surface area (Å²) in [5.41, 5.74) is 2.20. The van der Waals surface area contributed by atoms with Crippen molar-refractivity contribution in [2.75, 3.05) is 0 Å². The number of hydrogen-bond acceptors (Lipinski definition) is 5. The third-order valence-corrected chi connectivity index (χ3v) is 4.57. The number of carbonyl (C=O) groups is 1. The van der Waals surface area contributed by atoms with E-state index in [1.54, 1.807) is 30.5 Å². The molecule has 9 heteroatoms. The van der Waals surface area contributed by atoms with Gasteiger partial charge in [0.15, 0.2) is 0 Å². The van der Waals surface area contributed by atoms with Gasteiger partial charge in [0.2, 0.25) is 0 Å². The third-order valence-electron chi connectivity index (χ3n) is 4.27. The number of nitro benzene ring substituents is 1. The lowest BCUT2D eigenvalue weighted by atomic mass is 10.1. The van der Waals surface area contributed by atoms with Crippen LogP contribution in [0, 0.1) is 10.1 Å². The number of rotatable bonds is 8. The monoisotopic (exact) mass is 414 g/mol. The van der Waals surface area contributed by atoms with Crippen LogP contribution in [0.2, 0.25) is 5.02 Å². The topological polar surface area (TPSA) is 99.3 Å². The first-order chi connectivity index (χ1) is 14.0. The van der Waals surface area contributed by atoms with Crippen LogP contribution in [0.4, 0.5) is 5.69 Å². The molecule has 3 aromatic rings. The Labute approximate surface area is 172 Å². The quantitative estimate of drug-likeness (QED) is 0.444. The summed E-state index contributed by atoms with van der Waals surface area (Å²) < 4.78 is 7.44. The van der Waals surface area contributed by atoms with Crippen LogP contribution in [0.5, 0.6) is 5.75 Å². The van der Waals surface area contributed by atoms with Gasteiger partial charge < -0.3 is 10.1 Å². The maximum Gasteiger partial charge on any atom is 0.271 e. The lowest BCUT2D eigenvalue weighted by molar-refractivity contribution is -0.384. The number of amides is 1. The molecule has 150 valence electrons. The van der Waals surface area contributed by atoms with Crippen LogP contribution < -0.4 is 10.1 Å². The minimum absolute atomic E-state index is 0.0975. The molecule has 29 heavy (non-hydrogen) atoms. The first-order valence-corrected chi connectivity index (χ1v) is 9.30. The number of nitro groups is 1. The van der Waals surface area contributed by atoms with Crippen molar-refractivity contribution in [3.05, 3.63) is 86.7 Å². The predicted molar refractivity (Wildman–Crippen MR) is 108 cm³/mol. The standard InChI is InChI=1S/C20H19ClN4O4/c1-2-24-17(9-10-23-24)12-22-20(26)15-5-3-14(4-6-15)13-29-19-8-7-16(25(27)28)11-18(19)21/h3-11H,2,12-13H2,1H3,(H,22,26). The smallest absolute Gasteiger partial charge is 0.271 e. The highest BCUT2D eigenvalue weighted by Crippen LogP contribution is 2.29. The molecule has 1 aromatic heterocycles. The van der Waals surface area contributed by atoms with Crippen LogP contribution in [0.1, 0.15) is 28.5 Å². The molecule has 0 atom stereocenters. The highest BCUT2D eigenvalue weighted by molar-refractivity contribution is 6.32. The van der Waals surface area contributed by atoms with Crippen molar-refractivity contribution in [3.63, 3.8) is 0 Å². The first kappa shape index (κ1) is 20.3. The fourth-order valence-corrected chi connectivity index (χ4v) is 2.93. The molecular weight excluding hydrogens is 396 g/mol. The molecule has 8 nitrogen and oxygen atoms in total. The Balaban J connectivity index is 1.56. The maximum atomic E-state index is 12.3. The molecule has 0 fully saturated rings. The summed E-state index contributed by atoms with van der Waals surface area (Å²) in [6, 6.07) is 12.9. The first-order valence-electron chi connectivity index (χ1n) is 8.92. The number of non-ortho nitro benzene ring substituents is 1. The molecule has 0 radical (unpaired) electrons. The fraction of sp³-hybridized carbons (Fsp3) is 0.200. The van der Waals surface area contributed by atoms with Crippen LogP contribution in [0.15, 0.2) is 54.7 Å². The summed E-state index contributed by atoms with van der Waals surface area (Å²) in [7, 11) is 0. The van der Waals surface area contributed by atoms with Gasteiger partial charge in [-0.05, 0) is 36.8 Å². The molecule has 0 aliphatic heterocycles. The Morgan fingerprint density at radius 1 is 1.24 bits per heavy atom. The number of nitrogens with zero attached hydrogens (tertiary/aromatic N) is 3. The van der Waals surface area contributed by atoms with Crippen LogP contribution >= 0.6 is 11.6 Å². The second-order valence-electron chi connectivity index (χ2n) is 6.18. The molecule has 3 rings (SSSR count). The molecule has 0 aliphatic rings. The van der Waals surface area contributed by atoms with Crippen molar-refractivity contribution in [2.24, 2.45) is 0 Å². The number of carbonyl (C=O) groups excluding carboxylic acids is 1. The Hall–Kier alpha value is -3.39. The van der Waals surface area contributed by atoms with Crippen molar-refractivity contribution in [1.29, 1.82) is 0 Å². The van der Waals surface area contributed by atoms with E-state index in [9.17, 15) is 14.9 Å². The molecule has 0 unspecified atom stereocenters. The van der Waals surface area contributed by atoms with Crippen LogP contribution in [0.3, 0.4) is 0 Å². The van der Waals surface area contributed by atoms with Crippen LogP contribution in [0.25, 0.3) is 0 Å². The van der Waals surface area contributed by atoms with Crippen molar-refractivity contribution in [1.82, 2.24) is 15.1 Å². The highest BCUT2D eigenvalue weighted by Gasteiger charge is 2.11. The van der Waals surface area contributed by atoms with E-state index in [1.807, 2.05) is 17.7 Å². The minimum Gasteiger partial charge on any atom is -0.487 e. The lowest BCUT2D eigenvalue weighted by Crippen LogP contribution is -2.24. The van der Waals surface area contributed by atoms with Crippen molar-refractivity contribution < 1.29 is 14.5 Å². The van der Waals surface area contributed by atoms with E-state index >= 15 is 0 Å². The zero-order valence-electron chi connectivity index (χ0n) is 15.7. The van der Waals surface area contributed by atoms with Gasteiger partial charge in [-0.1, -0.05) is 23.7 Å². The second-order valence-corrected chi connectivity index (χ2v) is 6.59. The van der Waals surface area contributed by atoms with Crippen molar-refractivity contribution in [2.45, 2.75) is 26.6 Å². The number of ether oxygens (including phenoxy) is 1. The van der Waals surface area contributed by atoms with Gasteiger partial charge in [-0.25, -0.2) is 0 Å². The summed E-state index contributed by atoms with van der Waals surface area (Å²) in [5, 5.41) is 18.0. The molecular formula is C20H19ClN4O4. The molecule has 0 saturated carbocycles. The van der Waals surface area contributed by atoms with Crippen LogP contribution in [-0.4, -0.2) is 20.6 Å². The molecule has 0 spiro atoms. The van der Waals surface area contributed by atoms with E-state index in [0.717, 1.165) is 17.8 Å². The van der Waals surface area contributed by atoms with Crippen LogP contribution in [-0.2, 0) is 19.7 Å².